The number of nitrogen functional groups attached to an aromatic ring is 1. The lowest BCUT2D eigenvalue weighted by atomic mass is 9.91. The predicted molar refractivity (Wildman–Crippen MR) is 112 cm³/mol. The molecule has 6 nitrogen and oxygen atoms in total. The van der Waals surface area contributed by atoms with Crippen molar-refractivity contribution in [2.24, 2.45) is 0 Å². The number of benzene rings is 1. The zero-order valence-electron chi connectivity index (χ0n) is 15.3. The maximum Gasteiger partial charge on any atom is 0.220 e. The minimum Gasteiger partial charge on any atom is -0.378 e. The number of rotatable bonds is 2. The molecule has 1 aliphatic carbocycles. The maximum atomic E-state index is 6.11. The van der Waals surface area contributed by atoms with Crippen molar-refractivity contribution in [2.45, 2.75) is 18.8 Å². The predicted octanol–water partition coefficient (Wildman–Crippen LogP) is 3.75. The molecule has 3 aromatic rings. The number of fused-ring (bicyclic) bond motifs is 3. The molecule has 3 heterocycles. The van der Waals surface area contributed by atoms with E-state index in [0.29, 0.717) is 5.95 Å². The van der Waals surface area contributed by atoms with Gasteiger partial charge in [-0.15, -0.1) is 0 Å². The molecular weight excluding hydrogens is 394 g/mol. The van der Waals surface area contributed by atoms with Crippen LogP contribution in [0.3, 0.4) is 0 Å². The molecule has 1 aromatic carbocycles. The second-order valence-corrected chi connectivity index (χ2v) is 8.47. The highest BCUT2D eigenvalue weighted by molar-refractivity contribution is 7.19. The summed E-state index contributed by atoms with van der Waals surface area (Å²) in [5.41, 5.74) is 10.3. The molecule has 2 N–H and O–H groups in total. The fourth-order valence-electron chi connectivity index (χ4n) is 3.87. The van der Waals surface area contributed by atoms with E-state index >= 15 is 0 Å². The van der Waals surface area contributed by atoms with Crippen molar-refractivity contribution in [2.75, 3.05) is 36.9 Å². The van der Waals surface area contributed by atoms with Gasteiger partial charge in [-0.05, 0) is 36.1 Å². The molecule has 1 atom stereocenters. The molecule has 1 fully saturated rings. The van der Waals surface area contributed by atoms with Crippen LogP contribution in [0.4, 0.5) is 11.1 Å². The fraction of sp³-hybridized carbons (Fsp3) is 0.350. The number of aryl methyl sites for hydroxylation is 1. The van der Waals surface area contributed by atoms with E-state index in [1.54, 1.807) is 11.3 Å². The first-order valence-corrected chi connectivity index (χ1v) is 10.6. The smallest absolute Gasteiger partial charge is 0.220 e. The zero-order valence-corrected chi connectivity index (χ0v) is 16.8. The van der Waals surface area contributed by atoms with Crippen LogP contribution in [0.25, 0.3) is 10.6 Å². The summed E-state index contributed by atoms with van der Waals surface area (Å²) in [6.45, 7) is 3.18. The highest BCUT2D eigenvalue weighted by atomic mass is 35.5. The molecule has 0 saturated carbocycles. The fourth-order valence-corrected chi connectivity index (χ4v) is 5.20. The molecule has 2 aliphatic rings. The number of nitrogens with zero attached hydrogens (tertiary/aromatic N) is 4. The third-order valence-corrected chi connectivity index (χ3v) is 6.72. The quantitative estimate of drug-likeness (QED) is 0.689. The Morgan fingerprint density at radius 1 is 1.14 bits per heavy atom. The van der Waals surface area contributed by atoms with Gasteiger partial charge < -0.3 is 15.4 Å². The number of ether oxygens (including phenoxy) is 1. The Balaban J connectivity index is 1.64. The van der Waals surface area contributed by atoms with Crippen molar-refractivity contribution in [3.8, 4) is 10.6 Å². The van der Waals surface area contributed by atoms with Crippen LogP contribution in [0.2, 0.25) is 5.02 Å². The van der Waals surface area contributed by atoms with Gasteiger partial charge in [0.25, 0.3) is 0 Å². The molecule has 28 heavy (non-hydrogen) atoms. The normalized spacial score (nSPS) is 19.0. The third kappa shape index (κ3) is 3.23. The first kappa shape index (κ1) is 17.8. The van der Waals surface area contributed by atoms with Crippen LogP contribution < -0.4 is 10.6 Å². The summed E-state index contributed by atoms with van der Waals surface area (Å²) in [6.07, 6.45) is 3.69. The number of morpholine rings is 1. The highest BCUT2D eigenvalue weighted by Crippen LogP contribution is 2.45. The van der Waals surface area contributed by atoms with Crippen molar-refractivity contribution < 1.29 is 4.74 Å². The molecule has 0 bridgehead atoms. The average Bonchev–Trinajstić information content (AvgIpc) is 3.10. The van der Waals surface area contributed by atoms with Gasteiger partial charge in [-0.3, -0.25) is 0 Å². The molecular formula is C20H20ClN5OS. The first-order valence-electron chi connectivity index (χ1n) is 9.39. The van der Waals surface area contributed by atoms with E-state index in [1.165, 1.54) is 5.56 Å². The summed E-state index contributed by atoms with van der Waals surface area (Å²) in [6, 6.07) is 8.09. The third-order valence-electron chi connectivity index (χ3n) is 5.33. The largest absolute Gasteiger partial charge is 0.378 e. The van der Waals surface area contributed by atoms with Gasteiger partial charge in [0.05, 0.1) is 29.5 Å². The minimum absolute atomic E-state index is 0.189. The van der Waals surface area contributed by atoms with Crippen molar-refractivity contribution in [3.63, 3.8) is 0 Å². The average molecular weight is 414 g/mol. The molecule has 1 saturated heterocycles. The highest BCUT2D eigenvalue weighted by Gasteiger charge is 2.30. The maximum absolute atomic E-state index is 6.11. The Bertz CT molecular complexity index is 1000. The van der Waals surface area contributed by atoms with Gasteiger partial charge in [0.1, 0.15) is 0 Å². The van der Waals surface area contributed by atoms with Gasteiger partial charge in [0, 0.05) is 30.2 Å². The lowest BCUT2D eigenvalue weighted by molar-refractivity contribution is 0.122. The molecule has 0 radical (unpaired) electrons. The second-order valence-electron chi connectivity index (χ2n) is 7.06. The Kier molecular flexibility index (Phi) is 4.66. The Hall–Kier alpha value is -2.22. The van der Waals surface area contributed by atoms with Crippen LogP contribution in [-0.2, 0) is 11.2 Å². The molecule has 2 aromatic heterocycles. The van der Waals surface area contributed by atoms with Gasteiger partial charge in [-0.25, -0.2) is 15.0 Å². The lowest BCUT2D eigenvalue weighted by Gasteiger charge is -2.26. The standard InChI is InChI=1S/C20H20ClN5OS/c21-14-4-1-12(2-5-14)15-6-3-13-11-23-19(22)24-16(13)18-17(15)25-20(28-18)26-7-9-27-10-8-26/h1-2,4-5,11,15H,3,6-10H2,(H2,22,23,24). The van der Waals surface area contributed by atoms with E-state index in [1.807, 2.05) is 18.3 Å². The molecule has 144 valence electrons. The summed E-state index contributed by atoms with van der Waals surface area (Å²) in [5.74, 6) is 0.490. The van der Waals surface area contributed by atoms with Gasteiger partial charge in [0.2, 0.25) is 5.95 Å². The van der Waals surface area contributed by atoms with Crippen molar-refractivity contribution >= 4 is 34.0 Å². The van der Waals surface area contributed by atoms with Crippen LogP contribution in [0.5, 0.6) is 0 Å². The number of thiazole rings is 1. The van der Waals surface area contributed by atoms with Crippen LogP contribution in [0.15, 0.2) is 30.5 Å². The van der Waals surface area contributed by atoms with Crippen LogP contribution in [0, 0.1) is 0 Å². The van der Waals surface area contributed by atoms with E-state index in [2.05, 4.69) is 27.0 Å². The summed E-state index contributed by atoms with van der Waals surface area (Å²) in [5, 5.41) is 1.77. The molecule has 0 amide bonds. The molecule has 8 heteroatoms. The van der Waals surface area contributed by atoms with Crippen molar-refractivity contribution in [3.05, 3.63) is 52.3 Å². The Labute approximate surface area is 172 Å². The summed E-state index contributed by atoms with van der Waals surface area (Å²) < 4.78 is 5.50. The minimum atomic E-state index is 0.189. The number of aromatic nitrogens is 3. The topological polar surface area (TPSA) is 77.2 Å². The van der Waals surface area contributed by atoms with E-state index in [4.69, 9.17) is 27.1 Å². The Morgan fingerprint density at radius 3 is 2.71 bits per heavy atom. The molecule has 5 rings (SSSR count). The van der Waals surface area contributed by atoms with Crippen molar-refractivity contribution in [1.29, 1.82) is 0 Å². The summed E-state index contributed by atoms with van der Waals surface area (Å²) >= 11 is 7.81. The van der Waals surface area contributed by atoms with Crippen molar-refractivity contribution in [1.82, 2.24) is 15.0 Å². The van der Waals surface area contributed by atoms with Gasteiger partial charge >= 0.3 is 0 Å². The van der Waals surface area contributed by atoms with Crippen LogP contribution >= 0.6 is 22.9 Å². The number of halogens is 1. The van der Waals surface area contributed by atoms with E-state index < -0.39 is 0 Å². The van der Waals surface area contributed by atoms with E-state index in [9.17, 15) is 0 Å². The number of hydrogen-bond acceptors (Lipinski definition) is 7. The number of nitrogens with two attached hydrogens (primary N) is 1. The van der Waals surface area contributed by atoms with E-state index in [-0.39, 0.29) is 5.92 Å². The molecule has 1 aliphatic heterocycles. The number of anilines is 2. The first-order chi connectivity index (χ1) is 13.7. The molecule has 1 unspecified atom stereocenters. The Morgan fingerprint density at radius 2 is 1.93 bits per heavy atom. The molecule has 0 spiro atoms. The summed E-state index contributed by atoms with van der Waals surface area (Å²) in [4.78, 5) is 17.3. The number of hydrogen-bond donors (Lipinski definition) is 1. The SMILES string of the molecule is Nc1ncc2c(n1)-c1sc(N3CCOCC3)nc1C(c1ccc(Cl)cc1)CC2. The summed E-state index contributed by atoms with van der Waals surface area (Å²) in [7, 11) is 0. The monoisotopic (exact) mass is 413 g/mol. The van der Waals surface area contributed by atoms with Gasteiger partial charge in [-0.2, -0.15) is 0 Å². The van der Waals surface area contributed by atoms with Gasteiger partial charge in [0.15, 0.2) is 5.13 Å². The van der Waals surface area contributed by atoms with E-state index in [0.717, 1.165) is 71.1 Å². The van der Waals surface area contributed by atoms with Crippen LogP contribution in [-0.4, -0.2) is 41.3 Å². The van der Waals surface area contributed by atoms with Gasteiger partial charge in [-0.1, -0.05) is 35.1 Å². The zero-order chi connectivity index (χ0) is 19.1. The van der Waals surface area contributed by atoms with Crippen LogP contribution in [0.1, 0.15) is 29.2 Å². The second kappa shape index (κ2) is 7.31. The lowest BCUT2D eigenvalue weighted by Crippen LogP contribution is -2.36.